The van der Waals surface area contributed by atoms with E-state index in [9.17, 15) is 14.9 Å². The highest BCUT2D eigenvalue weighted by Crippen LogP contribution is 2.43. The SMILES string of the molecule is N#Cc1c(N2C(=O)c3ccccc3C2=O)cccc1-n1c2ccccc2c2ccc3c(c4ccccc4n3-c3ccccc3)c21. The van der Waals surface area contributed by atoms with Crippen molar-refractivity contribution in [3.63, 3.8) is 0 Å². The number of rotatable bonds is 3. The number of anilines is 1. The van der Waals surface area contributed by atoms with Crippen molar-refractivity contribution >= 4 is 61.1 Å². The molecule has 0 N–H and O–H groups in total. The van der Waals surface area contributed by atoms with E-state index >= 15 is 0 Å². The number of amides is 2. The van der Waals surface area contributed by atoms with Crippen LogP contribution in [0.3, 0.4) is 0 Å². The third kappa shape index (κ3) is 3.32. The van der Waals surface area contributed by atoms with E-state index in [-0.39, 0.29) is 11.3 Å². The molecule has 0 bridgehead atoms. The molecular weight excluding hydrogens is 556 g/mol. The van der Waals surface area contributed by atoms with Gasteiger partial charge in [0.05, 0.1) is 44.6 Å². The van der Waals surface area contributed by atoms with Crippen molar-refractivity contribution < 1.29 is 9.59 Å². The fourth-order valence-corrected chi connectivity index (χ4v) is 7.04. The van der Waals surface area contributed by atoms with Crippen molar-refractivity contribution in [2.24, 2.45) is 0 Å². The fraction of sp³-hybridized carbons (Fsp3) is 0. The van der Waals surface area contributed by atoms with Gasteiger partial charge >= 0.3 is 0 Å². The van der Waals surface area contributed by atoms with E-state index in [0.717, 1.165) is 54.2 Å². The van der Waals surface area contributed by atoms with Crippen LogP contribution < -0.4 is 4.90 Å². The van der Waals surface area contributed by atoms with Crippen LogP contribution in [0, 0.1) is 11.3 Å². The second-order valence-electron chi connectivity index (χ2n) is 11.2. The molecule has 0 spiro atoms. The zero-order valence-corrected chi connectivity index (χ0v) is 23.8. The minimum absolute atomic E-state index is 0.249. The first-order valence-corrected chi connectivity index (χ1v) is 14.7. The summed E-state index contributed by atoms with van der Waals surface area (Å²) in [4.78, 5) is 28.2. The van der Waals surface area contributed by atoms with Gasteiger partial charge in [-0.2, -0.15) is 5.26 Å². The van der Waals surface area contributed by atoms with Crippen LogP contribution in [-0.4, -0.2) is 20.9 Å². The Kier molecular flexibility index (Phi) is 5.17. The van der Waals surface area contributed by atoms with Crippen molar-refractivity contribution in [3.05, 3.63) is 150 Å². The molecule has 0 saturated heterocycles. The lowest BCUT2D eigenvalue weighted by Gasteiger charge is -2.19. The normalized spacial score (nSPS) is 12.9. The zero-order chi connectivity index (χ0) is 30.2. The number of para-hydroxylation sites is 3. The highest BCUT2D eigenvalue weighted by Gasteiger charge is 2.38. The quantitative estimate of drug-likeness (QED) is 0.197. The van der Waals surface area contributed by atoms with E-state index < -0.39 is 11.8 Å². The maximum absolute atomic E-state index is 13.5. The first-order valence-electron chi connectivity index (χ1n) is 14.7. The minimum Gasteiger partial charge on any atom is -0.309 e. The molecule has 6 nitrogen and oxygen atoms in total. The molecule has 0 atom stereocenters. The molecule has 0 radical (unpaired) electrons. The average molecular weight is 579 g/mol. The summed E-state index contributed by atoms with van der Waals surface area (Å²) in [6.45, 7) is 0. The summed E-state index contributed by atoms with van der Waals surface area (Å²) in [5, 5.41) is 14.9. The molecule has 3 heterocycles. The first kappa shape index (κ1) is 25.1. The summed E-state index contributed by atoms with van der Waals surface area (Å²) in [7, 11) is 0. The molecular formula is C39H22N4O2. The number of carbonyl (C=O) groups is 2. The number of imide groups is 1. The molecule has 2 aromatic heterocycles. The molecule has 210 valence electrons. The maximum atomic E-state index is 13.5. The van der Waals surface area contributed by atoms with Gasteiger partial charge in [-0.1, -0.05) is 78.9 Å². The van der Waals surface area contributed by atoms with Gasteiger partial charge in [0.25, 0.3) is 11.8 Å². The predicted molar refractivity (Wildman–Crippen MR) is 177 cm³/mol. The van der Waals surface area contributed by atoms with Gasteiger partial charge in [0, 0.05) is 27.2 Å². The first-order chi connectivity index (χ1) is 22.2. The minimum atomic E-state index is -0.431. The highest BCUT2D eigenvalue weighted by molar-refractivity contribution is 6.35. The van der Waals surface area contributed by atoms with E-state index in [1.54, 1.807) is 30.3 Å². The molecule has 2 amide bonds. The monoisotopic (exact) mass is 578 g/mol. The van der Waals surface area contributed by atoms with Crippen molar-refractivity contribution in [2.45, 2.75) is 0 Å². The molecule has 0 fully saturated rings. The molecule has 8 aromatic rings. The molecule has 0 saturated carbocycles. The Hall–Kier alpha value is -6.45. The molecule has 6 aromatic carbocycles. The Morgan fingerprint density at radius 1 is 0.489 bits per heavy atom. The number of aromatic nitrogens is 2. The highest BCUT2D eigenvalue weighted by atomic mass is 16.2. The summed E-state index contributed by atoms with van der Waals surface area (Å²) in [6, 6.07) is 45.6. The average Bonchev–Trinajstić information content (AvgIpc) is 3.70. The summed E-state index contributed by atoms with van der Waals surface area (Å²) < 4.78 is 4.39. The Balaban J connectivity index is 1.41. The van der Waals surface area contributed by atoms with E-state index in [1.165, 1.54) is 0 Å². The lowest BCUT2D eigenvalue weighted by molar-refractivity contribution is 0.0926. The molecule has 0 aliphatic carbocycles. The van der Waals surface area contributed by atoms with Crippen LogP contribution in [0.5, 0.6) is 0 Å². The van der Waals surface area contributed by atoms with E-state index in [2.05, 4.69) is 57.7 Å². The smallest absolute Gasteiger partial charge is 0.266 e. The van der Waals surface area contributed by atoms with E-state index in [0.29, 0.717) is 16.8 Å². The number of nitriles is 1. The molecule has 1 aliphatic heterocycles. The topological polar surface area (TPSA) is 71.0 Å². The van der Waals surface area contributed by atoms with Gasteiger partial charge in [-0.25, -0.2) is 4.90 Å². The van der Waals surface area contributed by atoms with Crippen LogP contribution in [0.4, 0.5) is 5.69 Å². The molecule has 1 aliphatic rings. The molecule has 0 unspecified atom stereocenters. The third-order valence-corrected chi connectivity index (χ3v) is 8.89. The lowest BCUT2D eigenvalue weighted by Crippen LogP contribution is -2.30. The number of benzene rings is 6. The molecule has 45 heavy (non-hydrogen) atoms. The van der Waals surface area contributed by atoms with Crippen LogP contribution in [0.15, 0.2) is 133 Å². The van der Waals surface area contributed by atoms with Gasteiger partial charge in [0.1, 0.15) is 11.6 Å². The fourth-order valence-electron chi connectivity index (χ4n) is 7.04. The standard InChI is InChI=1S/C39H22N4O2/c40-23-30-33(19-10-20-34(30)43-38(44)27-14-4-5-15-28(27)39(43)45)42-31-17-8-6-13-25(31)26-21-22-35-36(37(26)42)29-16-7-9-18-32(29)41(35)24-11-2-1-3-12-24/h1-22H. The second kappa shape index (κ2) is 9.27. The number of carbonyl (C=O) groups excluding carboxylic acids is 2. The van der Waals surface area contributed by atoms with Gasteiger partial charge in [0.2, 0.25) is 0 Å². The van der Waals surface area contributed by atoms with Crippen molar-refractivity contribution in [1.82, 2.24) is 9.13 Å². The van der Waals surface area contributed by atoms with Crippen LogP contribution in [-0.2, 0) is 0 Å². The van der Waals surface area contributed by atoms with Crippen LogP contribution >= 0.6 is 0 Å². The van der Waals surface area contributed by atoms with Gasteiger partial charge in [-0.3, -0.25) is 9.59 Å². The predicted octanol–water partition coefficient (Wildman–Crippen LogP) is 8.55. The Bertz CT molecular complexity index is 2570. The van der Waals surface area contributed by atoms with E-state index in [1.807, 2.05) is 60.7 Å². The Morgan fingerprint density at radius 3 is 1.80 bits per heavy atom. The molecule has 6 heteroatoms. The van der Waals surface area contributed by atoms with Crippen molar-refractivity contribution in [3.8, 4) is 17.4 Å². The second-order valence-corrected chi connectivity index (χ2v) is 11.2. The van der Waals surface area contributed by atoms with Gasteiger partial charge in [0.15, 0.2) is 0 Å². The summed E-state index contributed by atoms with van der Waals surface area (Å²) in [5.74, 6) is -0.861. The van der Waals surface area contributed by atoms with Gasteiger partial charge < -0.3 is 9.13 Å². The summed E-state index contributed by atoms with van der Waals surface area (Å²) >= 11 is 0. The number of fused-ring (bicyclic) bond motifs is 8. The van der Waals surface area contributed by atoms with Crippen LogP contribution in [0.1, 0.15) is 26.3 Å². The van der Waals surface area contributed by atoms with Crippen LogP contribution in [0.2, 0.25) is 0 Å². The lowest BCUT2D eigenvalue weighted by atomic mass is 10.1. The summed E-state index contributed by atoms with van der Waals surface area (Å²) in [5.41, 5.74) is 6.83. The number of hydrogen-bond donors (Lipinski definition) is 0. The number of nitrogens with zero attached hydrogens (tertiary/aromatic N) is 4. The Morgan fingerprint density at radius 2 is 1.09 bits per heavy atom. The number of hydrogen-bond acceptors (Lipinski definition) is 3. The Labute approximate surface area is 257 Å². The third-order valence-electron chi connectivity index (χ3n) is 8.89. The zero-order valence-electron chi connectivity index (χ0n) is 23.8. The van der Waals surface area contributed by atoms with Crippen LogP contribution in [0.25, 0.3) is 55.0 Å². The van der Waals surface area contributed by atoms with Gasteiger partial charge in [-0.15, -0.1) is 0 Å². The maximum Gasteiger partial charge on any atom is 0.266 e. The molecule has 9 rings (SSSR count). The van der Waals surface area contributed by atoms with Gasteiger partial charge in [-0.05, 0) is 54.6 Å². The van der Waals surface area contributed by atoms with Crippen molar-refractivity contribution in [1.29, 1.82) is 5.26 Å². The van der Waals surface area contributed by atoms with Crippen molar-refractivity contribution in [2.75, 3.05) is 4.90 Å². The largest absolute Gasteiger partial charge is 0.309 e. The summed E-state index contributed by atoms with van der Waals surface area (Å²) in [6.07, 6.45) is 0. The van der Waals surface area contributed by atoms with E-state index in [4.69, 9.17) is 0 Å².